The van der Waals surface area contributed by atoms with E-state index in [0.717, 1.165) is 5.56 Å². The third-order valence-electron chi connectivity index (χ3n) is 1.76. The van der Waals surface area contributed by atoms with E-state index in [0.29, 0.717) is 5.06 Å². The topological polar surface area (TPSA) is 40.5 Å². The lowest BCUT2D eigenvalue weighted by atomic mass is 10.2. The van der Waals surface area contributed by atoms with Gasteiger partial charge in [-0.05, 0) is 5.56 Å². The quantitative estimate of drug-likeness (QED) is 0.586. The Bertz CT molecular complexity index is 317. The molecule has 74 valence electrons. The van der Waals surface area contributed by atoms with Crippen molar-refractivity contribution in [3.8, 4) is 0 Å². The molecule has 0 unspecified atom stereocenters. The fourth-order valence-electron chi connectivity index (χ4n) is 0.992. The van der Waals surface area contributed by atoms with Crippen molar-refractivity contribution in [1.82, 2.24) is 5.06 Å². The van der Waals surface area contributed by atoms with E-state index in [2.05, 4.69) is 0 Å². The maximum atomic E-state index is 11.0. The molecule has 0 heterocycles. The predicted octanol–water partition coefficient (Wildman–Crippen LogP) is 1.94. The molecule has 0 fully saturated rings. The highest BCUT2D eigenvalue weighted by Crippen LogP contribution is 2.02. The van der Waals surface area contributed by atoms with Gasteiger partial charge in [-0.2, -0.15) is 0 Å². The summed E-state index contributed by atoms with van der Waals surface area (Å²) in [6, 6.07) is 9.69. The monoisotopic (exact) mass is 191 g/mol. The number of carbonyl (C=O) groups excluding carboxylic acids is 1. The molecule has 0 aliphatic rings. The van der Waals surface area contributed by atoms with Crippen LogP contribution in [0.2, 0.25) is 0 Å². The minimum Gasteiger partial charge on any atom is -0.286 e. The van der Waals surface area contributed by atoms with Crippen LogP contribution < -0.4 is 0 Å². The standard InChI is InChI=1S/C11H13NO2/c1-12(14)11(13)9-5-8-10-6-3-2-4-7-10/h2-8,14H,9H2,1H3. The minimum atomic E-state index is -0.322. The third kappa shape index (κ3) is 3.41. The van der Waals surface area contributed by atoms with Gasteiger partial charge in [-0.15, -0.1) is 0 Å². The molecule has 0 saturated heterocycles. The van der Waals surface area contributed by atoms with Gasteiger partial charge in [0.15, 0.2) is 0 Å². The summed E-state index contributed by atoms with van der Waals surface area (Å²) in [5, 5.41) is 9.36. The zero-order valence-corrected chi connectivity index (χ0v) is 8.05. The Morgan fingerprint density at radius 3 is 2.64 bits per heavy atom. The first-order chi connectivity index (χ1) is 6.70. The number of carbonyl (C=O) groups is 1. The fourth-order valence-corrected chi connectivity index (χ4v) is 0.992. The van der Waals surface area contributed by atoms with Gasteiger partial charge in [-0.25, -0.2) is 5.06 Å². The Balaban J connectivity index is 2.46. The van der Waals surface area contributed by atoms with Crippen LogP contribution in [0.25, 0.3) is 6.08 Å². The zero-order valence-electron chi connectivity index (χ0n) is 8.05. The van der Waals surface area contributed by atoms with Crippen LogP contribution in [-0.4, -0.2) is 23.2 Å². The SMILES string of the molecule is CN(O)C(=O)CC=Cc1ccccc1. The third-order valence-corrected chi connectivity index (χ3v) is 1.76. The van der Waals surface area contributed by atoms with E-state index < -0.39 is 0 Å². The summed E-state index contributed by atoms with van der Waals surface area (Å²) in [4.78, 5) is 11.0. The lowest BCUT2D eigenvalue weighted by molar-refractivity contribution is -0.158. The molecule has 0 aromatic heterocycles. The van der Waals surface area contributed by atoms with E-state index in [-0.39, 0.29) is 12.3 Å². The van der Waals surface area contributed by atoms with Gasteiger partial charge in [0, 0.05) is 13.5 Å². The molecule has 0 saturated carbocycles. The van der Waals surface area contributed by atoms with Gasteiger partial charge in [0.05, 0.1) is 0 Å². The average molecular weight is 191 g/mol. The molecule has 0 radical (unpaired) electrons. The van der Waals surface area contributed by atoms with Crippen LogP contribution in [0.15, 0.2) is 36.4 Å². The number of hydrogen-bond acceptors (Lipinski definition) is 2. The molecule has 0 atom stereocenters. The Labute approximate surface area is 83.2 Å². The number of benzene rings is 1. The van der Waals surface area contributed by atoms with Crippen molar-refractivity contribution in [2.24, 2.45) is 0 Å². The van der Waals surface area contributed by atoms with Crippen molar-refractivity contribution in [2.75, 3.05) is 7.05 Å². The van der Waals surface area contributed by atoms with Crippen LogP contribution in [0.3, 0.4) is 0 Å². The molecule has 1 amide bonds. The number of amides is 1. The van der Waals surface area contributed by atoms with Gasteiger partial charge in [0.2, 0.25) is 5.91 Å². The van der Waals surface area contributed by atoms with Gasteiger partial charge < -0.3 is 0 Å². The molecule has 0 aliphatic heterocycles. The van der Waals surface area contributed by atoms with Gasteiger partial charge in [0.25, 0.3) is 0 Å². The molecular formula is C11H13NO2. The van der Waals surface area contributed by atoms with Gasteiger partial charge in [-0.1, -0.05) is 42.5 Å². The van der Waals surface area contributed by atoms with Crippen LogP contribution in [0, 0.1) is 0 Å². The van der Waals surface area contributed by atoms with Crippen molar-refractivity contribution >= 4 is 12.0 Å². The lowest BCUT2D eigenvalue weighted by Crippen LogP contribution is -2.21. The number of rotatable bonds is 3. The largest absolute Gasteiger partial charge is 0.286 e. The molecule has 3 nitrogen and oxygen atoms in total. The van der Waals surface area contributed by atoms with Crippen molar-refractivity contribution in [3.63, 3.8) is 0 Å². The van der Waals surface area contributed by atoms with Crippen molar-refractivity contribution in [3.05, 3.63) is 42.0 Å². The molecule has 1 aromatic rings. The van der Waals surface area contributed by atoms with E-state index >= 15 is 0 Å². The van der Waals surface area contributed by atoms with E-state index in [1.54, 1.807) is 6.08 Å². The normalized spacial score (nSPS) is 10.4. The van der Waals surface area contributed by atoms with Crippen LogP contribution >= 0.6 is 0 Å². The first-order valence-corrected chi connectivity index (χ1v) is 4.37. The number of nitrogens with zero attached hydrogens (tertiary/aromatic N) is 1. The molecule has 3 heteroatoms. The zero-order chi connectivity index (χ0) is 10.4. The predicted molar refractivity (Wildman–Crippen MR) is 54.6 cm³/mol. The number of hydrogen-bond donors (Lipinski definition) is 1. The van der Waals surface area contributed by atoms with E-state index in [1.165, 1.54) is 7.05 Å². The molecule has 14 heavy (non-hydrogen) atoms. The first kappa shape index (κ1) is 10.5. The van der Waals surface area contributed by atoms with Crippen LogP contribution in [0.1, 0.15) is 12.0 Å². The molecule has 1 N–H and O–H groups in total. The Hall–Kier alpha value is -1.61. The van der Waals surface area contributed by atoms with Crippen LogP contribution in [-0.2, 0) is 4.79 Å². The van der Waals surface area contributed by atoms with Crippen molar-refractivity contribution in [1.29, 1.82) is 0 Å². The average Bonchev–Trinajstić information content (AvgIpc) is 2.19. The summed E-state index contributed by atoms with van der Waals surface area (Å²) in [6.07, 6.45) is 3.79. The summed E-state index contributed by atoms with van der Waals surface area (Å²) in [7, 11) is 1.32. The Morgan fingerprint density at radius 1 is 1.43 bits per heavy atom. The fraction of sp³-hybridized carbons (Fsp3) is 0.182. The second-order valence-corrected chi connectivity index (χ2v) is 2.93. The molecule has 0 bridgehead atoms. The van der Waals surface area contributed by atoms with Gasteiger partial charge in [-0.3, -0.25) is 10.0 Å². The lowest BCUT2D eigenvalue weighted by Gasteiger charge is -2.04. The van der Waals surface area contributed by atoms with E-state index in [1.807, 2.05) is 36.4 Å². The summed E-state index contributed by atoms with van der Waals surface area (Å²) in [5.41, 5.74) is 1.04. The summed E-state index contributed by atoms with van der Waals surface area (Å²) in [5.74, 6) is -0.322. The highest BCUT2D eigenvalue weighted by molar-refractivity contribution is 5.77. The summed E-state index contributed by atoms with van der Waals surface area (Å²) >= 11 is 0. The van der Waals surface area contributed by atoms with Crippen LogP contribution in [0.5, 0.6) is 0 Å². The van der Waals surface area contributed by atoms with Gasteiger partial charge in [0.1, 0.15) is 0 Å². The summed E-state index contributed by atoms with van der Waals surface area (Å²) < 4.78 is 0. The highest BCUT2D eigenvalue weighted by Gasteiger charge is 2.00. The summed E-state index contributed by atoms with van der Waals surface area (Å²) in [6.45, 7) is 0. The highest BCUT2D eigenvalue weighted by atomic mass is 16.5. The Kier molecular flexibility index (Phi) is 3.88. The maximum Gasteiger partial charge on any atom is 0.249 e. The van der Waals surface area contributed by atoms with Crippen molar-refractivity contribution in [2.45, 2.75) is 6.42 Å². The smallest absolute Gasteiger partial charge is 0.249 e. The van der Waals surface area contributed by atoms with Crippen molar-refractivity contribution < 1.29 is 10.0 Å². The number of hydroxylamine groups is 2. The van der Waals surface area contributed by atoms with Gasteiger partial charge >= 0.3 is 0 Å². The molecule has 1 aromatic carbocycles. The van der Waals surface area contributed by atoms with Crippen LogP contribution in [0.4, 0.5) is 0 Å². The maximum absolute atomic E-state index is 11.0. The second-order valence-electron chi connectivity index (χ2n) is 2.93. The molecular weight excluding hydrogens is 178 g/mol. The minimum absolute atomic E-state index is 0.210. The second kappa shape index (κ2) is 5.19. The molecule has 1 rings (SSSR count). The molecule has 0 spiro atoms. The first-order valence-electron chi connectivity index (χ1n) is 4.37. The van der Waals surface area contributed by atoms with E-state index in [9.17, 15) is 4.79 Å². The van der Waals surface area contributed by atoms with E-state index in [4.69, 9.17) is 5.21 Å². The molecule has 0 aliphatic carbocycles. The Morgan fingerprint density at radius 2 is 2.07 bits per heavy atom.